The van der Waals surface area contributed by atoms with Crippen LogP contribution < -0.4 is 5.32 Å². The number of methoxy groups -OCH3 is 1. The number of amides is 2. The van der Waals surface area contributed by atoms with Gasteiger partial charge in [0.25, 0.3) is 0 Å². The first-order chi connectivity index (χ1) is 11.6. The van der Waals surface area contributed by atoms with Crippen molar-refractivity contribution in [2.24, 2.45) is 0 Å². The van der Waals surface area contributed by atoms with Crippen LogP contribution >= 0.6 is 0 Å². The van der Waals surface area contributed by atoms with E-state index < -0.39 is 0 Å². The molecule has 2 amide bonds. The van der Waals surface area contributed by atoms with Crippen molar-refractivity contribution in [2.45, 2.75) is 20.0 Å². The van der Waals surface area contributed by atoms with Gasteiger partial charge in [0.15, 0.2) is 0 Å². The van der Waals surface area contributed by atoms with Gasteiger partial charge in [-0.2, -0.15) is 0 Å². The van der Waals surface area contributed by atoms with Gasteiger partial charge in [0.1, 0.15) is 11.6 Å². The Balaban J connectivity index is 2.10. The monoisotopic (exact) mass is 334 g/mol. The molecule has 0 saturated heterocycles. The largest absolute Gasteiger partial charge is 0.383 e. The van der Waals surface area contributed by atoms with Gasteiger partial charge < -0.3 is 19.5 Å². The Morgan fingerprint density at radius 3 is 3.00 bits per heavy atom. The number of hydrogen-bond donors (Lipinski definition) is 1. The number of carbonyl (C=O) groups is 1. The van der Waals surface area contributed by atoms with Crippen molar-refractivity contribution in [1.29, 1.82) is 0 Å². The van der Waals surface area contributed by atoms with Gasteiger partial charge in [0, 0.05) is 39.1 Å². The highest BCUT2D eigenvalue weighted by molar-refractivity contribution is 5.74. The molecule has 7 heteroatoms. The van der Waals surface area contributed by atoms with E-state index in [1.54, 1.807) is 24.3 Å². The molecule has 6 nitrogen and oxygen atoms in total. The van der Waals surface area contributed by atoms with E-state index in [4.69, 9.17) is 4.74 Å². The van der Waals surface area contributed by atoms with Crippen molar-refractivity contribution in [3.8, 4) is 0 Å². The van der Waals surface area contributed by atoms with Gasteiger partial charge in [0.05, 0.1) is 13.2 Å². The van der Waals surface area contributed by atoms with Crippen LogP contribution in [0.25, 0.3) is 0 Å². The van der Waals surface area contributed by atoms with Crippen LogP contribution in [0.15, 0.2) is 36.7 Å². The zero-order chi connectivity index (χ0) is 17.4. The van der Waals surface area contributed by atoms with Crippen molar-refractivity contribution in [3.05, 3.63) is 53.9 Å². The van der Waals surface area contributed by atoms with E-state index in [1.165, 1.54) is 12.1 Å². The number of urea groups is 1. The average Bonchev–Trinajstić information content (AvgIpc) is 2.98. The summed E-state index contributed by atoms with van der Waals surface area (Å²) in [6.07, 6.45) is 3.51. The molecule has 1 aromatic carbocycles. The molecule has 0 fully saturated rings. The molecule has 0 aliphatic carbocycles. The number of benzene rings is 1. The Bertz CT molecular complexity index is 660. The summed E-state index contributed by atoms with van der Waals surface area (Å²) in [6, 6.07) is 6.30. The molecule has 130 valence electrons. The van der Waals surface area contributed by atoms with E-state index >= 15 is 0 Å². The summed E-state index contributed by atoms with van der Waals surface area (Å²) in [7, 11) is 1.60. The van der Waals surface area contributed by atoms with E-state index in [0.29, 0.717) is 32.8 Å². The fourth-order valence-corrected chi connectivity index (χ4v) is 2.36. The highest BCUT2D eigenvalue weighted by Gasteiger charge is 2.16. The van der Waals surface area contributed by atoms with Crippen LogP contribution in [0, 0.1) is 5.82 Å². The molecule has 0 unspecified atom stereocenters. The second kappa shape index (κ2) is 9.02. The zero-order valence-electron chi connectivity index (χ0n) is 14.0. The average molecular weight is 334 g/mol. The lowest BCUT2D eigenvalue weighted by Gasteiger charge is -2.22. The highest BCUT2D eigenvalue weighted by atomic mass is 19.1. The van der Waals surface area contributed by atoms with Gasteiger partial charge in [-0.05, 0) is 24.6 Å². The summed E-state index contributed by atoms with van der Waals surface area (Å²) in [5.74, 6) is 0.472. The van der Waals surface area contributed by atoms with Gasteiger partial charge in [0.2, 0.25) is 0 Å². The lowest BCUT2D eigenvalue weighted by atomic mass is 10.2. The molecule has 0 radical (unpaired) electrons. The molecule has 0 atom stereocenters. The molecule has 24 heavy (non-hydrogen) atoms. The number of imidazole rings is 1. The number of nitrogens with zero attached hydrogens (tertiary/aromatic N) is 3. The summed E-state index contributed by atoms with van der Waals surface area (Å²) >= 11 is 0. The third-order valence-electron chi connectivity index (χ3n) is 3.56. The smallest absolute Gasteiger partial charge is 0.317 e. The topological polar surface area (TPSA) is 59.4 Å². The first kappa shape index (κ1) is 17.9. The summed E-state index contributed by atoms with van der Waals surface area (Å²) in [4.78, 5) is 18.1. The number of carbonyl (C=O) groups excluding carboxylic acids is 1. The van der Waals surface area contributed by atoms with Gasteiger partial charge in [-0.15, -0.1) is 0 Å². The molecule has 1 heterocycles. The zero-order valence-corrected chi connectivity index (χ0v) is 14.0. The van der Waals surface area contributed by atoms with Gasteiger partial charge in [-0.25, -0.2) is 14.2 Å². The maximum absolute atomic E-state index is 13.3. The number of ether oxygens (including phenoxy) is 1. The van der Waals surface area contributed by atoms with Crippen LogP contribution in [0.2, 0.25) is 0 Å². The van der Waals surface area contributed by atoms with Crippen molar-refractivity contribution < 1.29 is 13.9 Å². The lowest BCUT2D eigenvalue weighted by Crippen LogP contribution is -2.41. The summed E-state index contributed by atoms with van der Waals surface area (Å²) in [5.41, 5.74) is 0.843. The minimum Gasteiger partial charge on any atom is -0.383 e. The van der Waals surface area contributed by atoms with Crippen molar-refractivity contribution >= 4 is 6.03 Å². The van der Waals surface area contributed by atoms with E-state index in [0.717, 1.165) is 11.4 Å². The molecule has 1 N–H and O–H groups in total. The minimum atomic E-state index is -0.266. The molecule has 2 aromatic rings. The van der Waals surface area contributed by atoms with Crippen molar-refractivity contribution in [1.82, 2.24) is 19.8 Å². The number of halogens is 1. The molecule has 0 aliphatic heterocycles. The first-order valence-corrected chi connectivity index (χ1v) is 7.90. The van der Waals surface area contributed by atoms with Gasteiger partial charge in [-0.1, -0.05) is 12.1 Å². The molecular weight excluding hydrogens is 311 g/mol. The second-order valence-electron chi connectivity index (χ2n) is 5.35. The third-order valence-corrected chi connectivity index (χ3v) is 3.56. The summed E-state index contributed by atoms with van der Waals surface area (Å²) in [6.45, 7) is 4.20. The van der Waals surface area contributed by atoms with E-state index in [9.17, 15) is 9.18 Å². The maximum Gasteiger partial charge on any atom is 0.317 e. The Morgan fingerprint density at radius 2 is 2.29 bits per heavy atom. The Morgan fingerprint density at radius 1 is 1.46 bits per heavy atom. The maximum atomic E-state index is 13.3. The van der Waals surface area contributed by atoms with Crippen LogP contribution in [0.4, 0.5) is 9.18 Å². The molecule has 0 saturated carbocycles. The lowest BCUT2D eigenvalue weighted by molar-refractivity contribution is 0.145. The molecule has 0 spiro atoms. The predicted molar refractivity (Wildman–Crippen MR) is 89.1 cm³/mol. The molecule has 0 aliphatic rings. The van der Waals surface area contributed by atoms with Crippen LogP contribution in [-0.4, -0.2) is 47.3 Å². The SMILES string of the molecule is CCNC(=O)N(CCOC)Cc1nccn1Cc1cccc(F)c1. The number of nitrogens with one attached hydrogen (secondary N) is 1. The van der Waals surface area contributed by atoms with Crippen LogP contribution in [-0.2, 0) is 17.8 Å². The molecular formula is C17H23FN4O2. The minimum absolute atomic E-state index is 0.158. The van der Waals surface area contributed by atoms with Gasteiger partial charge in [-0.3, -0.25) is 0 Å². The highest BCUT2D eigenvalue weighted by Crippen LogP contribution is 2.10. The Labute approximate surface area is 141 Å². The first-order valence-electron chi connectivity index (χ1n) is 7.90. The van der Waals surface area contributed by atoms with E-state index in [-0.39, 0.29) is 11.8 Å². The fraction of sp³-hybridized carbons (Fsp3) is 0.412. The van der Waals surface area contributed by atoms with E-state index in [1.807, 2.05) is 23.8 Å². The summed E-state index contributed by atoms with van der Waals surface area (Å²) < 4.78 is 20.3. The van der Waals surface area contributed by atoms with Crippen molar-refractivity contribution in [3.63, 3.8) is 0 Å². The predicted octanol–water partition coefficient (Wildman–Crippen LogP) is 2.25. The Kier molecular flexibility index (Phi) is 6.74. The number of aromatic nitrogens is 2. The summed E-state index contributed by atoms with van der Waals surface area (Å²) in [5, 5.41) is 2.79. The van der Waals surface area contributed by atoms with E-state index in [2.05, 4.69) is 10.3 Å². The standard InChI is InChI=1S/C17H23FN4O2/c1-3-19-17(23)22(9-10-24-2)13-16-20-7-8-21(16)12-14-5-4-6-15(18)11-14/h4-8,11H,3,9-10,12-13H2,1-2H3,(H,19,23). The molecule has 1 aromatic heterocycles. The quantitative estimate of drug-likeness (QED) is 0.805. The van der Waals surface area contributed by atoms with Crippen LogP contribution in [0.3, 0.4) is 0 Å². The molecule has 0 bridgehead atoms. The number of hydrogen-bond acceptors (Lipinski definition) is 3. The normalized spacial score (nSPS) is 10.6. The van der Waals surface area contributed by atoms with Crippen LogP contribution in [0.1, 0.15) is 18.3 Å². The molecule has 2 rings (SSSR count). The van der Waals surface area contributed by atoms with Crippen molar-refractivity contribution in [2.75, 3.05) is 26.8 Å². The number of rotatable bonds is 8. The fourth-order valence-electron chi connectivity index (χ4n) is 2.36. The third kappa shape index (κ3) is 5.06. The Hall–Kier alpha value is -2.41. The second-order valence-corrected chi connectivity index (χ2v) is 5.35. The van der Waals surface area contributed by atoms with Gasteiger partial charge >= 0.3 is 6.03 Å². The van der Waals surface area contributed by atoms with Crippen LogP contribution in [0.5, 0.6) is 0 Å².